The second kappa shape index (κ2) is 10.6. The summed E-state index contributed by atoms with van der Waals surface area (Å²) in [4.78, 5) is 16.0. The molecule has 3 rings (SSSR count). The van der Waals surface area contributed by atoms with Crippen molar-refractivity contribution in [1.29, 1.82) is 0 Å². The number of aromatic nitrogens is 3. The Hall–Kier alpha value is -2.90. The second-order valence-electron chi connectivity index (χ2n) is 7.20. The molecule has 1 amide bonds. The van der Waals surface area contributed by atoms with E-state index in [2.05, 4.69) is 35.7 Å². The number of benzene rings is 1. The van der Waals surface area contributed by atoms with Crippen LogP contribution in [0.15, 0.2) is 29.3 Å². The monoisotopic (exact) mass is 397 g/mol. The number of carbonyl (C=O) groups excluding carboxylic acids is 1. The Morgan fingerprint density at radius 2 is 1.97 bits per heavy atom. The number of guanidine groups is 1. The zero-order valence-corrected chi connectivity index (χ0v) is 17.4. The summed E-state index contributed by atoms with van der Waals surface area (Å²) >= 11 is 0. The lowest BCUT2D eigenvalue weighted by atomic mass is 10.1. The molecule has 0 aliphatic carbocycles. The van der Waals surface area contributed by atoms with Gasteiger partial charge in [0.1, 0.15) is 11.6 Å². The maximum Gasteiger partial charge on any atom is 0.251 e. The molecule has 0 saturated carbocycles. The van der Waals surface area contributed by atoms with Crippen molar-refractivity contribution in [2.75, 3.05) is 27.2 Å². The van der Waals surface area contributed by atoms with Gasteiger partial charge in [0.05, 0.1) is 0 Å². The number of hydrogen-bond donors (Lipinski definition) is 3. The number of amides is 1. The number of aryl methyl sites for hydroxylation is 1. The number of fused-ring (bicyclic) bond motifs is 1. The Morgan fingerprint density at radius 1 is 1.14 bits per heavy atom. The number of carbonyl (C=O) groups is 1. The van der Waals surface area contributed by atoms with E-state index in [1.165, 1.54) is 19.3 Å². The molecule has 2 heterocycles. The van der Waals surface area contributed by atoms with Crippen molar-refractivity contribution in [3.63, 3.8) is 0 Å². The van der Waals surface area contributed by atoms with Gasteiger partial charge in [0.25, 0.3) is 5.91 Å². The van der Waals surface area contributed by atoms with Crippen LogP contribution < -0.4 is 16.0 Å². The van der Waals surface area contributed by atoms with Crippen molar-refractivity contribution >= 4 is 11.9 Å². The first-order valence-corrected chi connectivity index (χ1v) is 10.4. The third-order valence-corrected chi connectivity index (χ3v) is 5.17. The van der Waals surface area contributed by atoms with Crippen molar-refractivity contribution in [2.45, 2.75) is 45.1 Å². The van der Waals surface area contributed by atoms with Crippen molar-refractivity contribution in [3.8, 4) is 0 Å². The van der Waals surface area contributed by atoms with E-state index in [4.69, 9.17) is 0 Å². The Bertz CT molecular complexity index is 843. The molecule has 0 bridgehead atoms. The number of nitrogens with zero attached hydrogens (tertiary/aromatic N) is 4. The summed E-state index contributed by atoms with van der Waals surface area (Å²) in [5.41, 5.74) is 1.79. The lowest BCUT2D eigenvalue weighted by Gasteiger charge is -2.12. The van der Waals surface area contributed by atoms with Crippen molar-refractivity contribution in [2.24, 2.45) is 4.99 Å². The van der Waals surface area contributed by atoms with Crippen LogP contribution >= 0.6 is 0 Å². The normalized spacial score (nSPS) is 14.1. The molecule has 0 fully saturated rings. The van der Waals surface area contributed by atoms with E-state index in [1.54, 1.807) is 14.1 Å². The van der Waals surface area contributed by atoms with Crippen LogP contribution in [0.4, 0.5) is 0 Å². The van der Waals surface area contributed by atoms with Gasteiger partial charge in [-0.1, -0.05) is 18.6 Å². The van der Waals surface area contributed by atoms with Gasteiger partial charge < -0.3 is 20.5 Å². The maximum absolute atomic E-state index is 11.8. The molecule has 1 aromatic carbocycles. The average molecular weight is 398 g/mol. The molecule has 29 heavy (non-hydrogen) atoms. The molecule has 0 atom stereocenters. The lowest BCUT2D eigenvalue weighted by molar-refractivity contribution is 0.0963. The third kappa shape index (κ3) is 5.79. The molecule has 2 aromatic rings. The molecule has 1 aromatic heterocycles. The number of nitrogens with one attached hydrogen (secondary N) is 3. The van der Waals surface area contributed by atoms with Crippen LogP contribution in [0, 0.1) is 0 Å². The summed E-state index contributed by atoms with van der Waals surface area (Å²) in [6.07, 6.45) is 6.34. The molecular formula is C21H31N7O. The summed E-state index contributed by atoms with van der Waals surface area (Å²) in [6.45, 7) is 2.51. The molecular weight excluding hydrogens is 366 g/mol. The highest BCUT2D eigenvalue weighted by molar-refractivity contribution is 5.94. The van der Waals surface area contributed by atoms with Gasteiger partial charge in [-0.25, -0.2) is 0 Å². The molecule has 1 aliphatic rings. The third-order valence-electron chi connectivity index (χ3n) is 5.17. The highest BCUT2D eigenvalue weighted by Crippen LogP contribution is 2.14. The van der Waals surface area contributed by atoms with Crippen LogP contribution in [0.1, 0.15) is 46.8 Å². The van der Waals surface area contributed by atoms with Crippen LogP contribution in [0.2, 0.25) is 0 Å². The van der Waals surface area contributed by atoms with Gasteiger partial charge in [0, 0.05) is 52.1 Å². The molecule has 8 nitrogen and oxygen atoms in total. The molecule has 3 N–H and O–H groups in total. The van der Waals surface area contributed by atoms with Gasteiger partial charge in [-0.3, -0.25) is 9.79 Å². The first-order chi connectivity index (χ1) is 14.2. The van der Waals surface area contributed by atoms with Gasteiger partial charge in [-0.15, -0.1) is 10.2 Å². The minimum Gasteiger partial charge on any atom is -0.356 e. The van der Waals surface area contributed by atoms with E-state index in [-0.39, 0.29) is 5.91 Å². The highest BCUT2D eigenvalue weighted by Gasteiger charge is 2.14. The standard InChI is InChI=1S/C21H31N7O/c1-22-20(29)17-8-6-7-16(15-17)10-12-24-21(23-2)25-13-11-19-27-26-18-9-4-3-5-14-28(18)19/h6-8,15H,3-5,9-14H2,1-2H3,(H,22,29)(H2,23,24,25). The van der Waals surface area contributed by atoms with Gasteiger partial charge in [0.15, 0.2) is 5.96 Å². The predicted octanol–water partition coefficient (Wildman–Crippen LogP) is 1.31. The summed E-state index contributed by atoms with van der Waals surface area (Å²) in [5.74, 6) is 2.88. The zero-order valence-electron chi connectivity index (χ0n) is 17.4. The van der Waals surface area contributed by atoms with E-state index >= 15 is 0 Å². The minimum absolute atomic E-state index is 0.0661. The van der Waals surface area contributed by atoms with Gasteiger partial charge >= 0.3 is 0 Å². The van der Waals surface area contributed by atoms with Crippen LogP contribution in [0.25, 0.3) is 0 Å². The van der Waals surface area contributed by atoms with Crippen molar-refractivity contribution in [3.05, 3.63) is 47.0 Å². The minimum atomic E-state index is -0.0661. The first kappa shape index (κ1) is 20.8. The van der Waals surface area contributed by atoms with E-state index in [1.807, 2.05) is 24.3 Å². The average Bonchev–Trinajstić information content (AvgIpc) is 2.98. The zero-order chi connectivity index (χ0) is 20.5. The summed E-state index contributed by atoms with van der Waals surface area (Å²) < 4.78 is 2.28. The van der Waals surface area contributed by atoms with Crippen LogP contribution in [-0.4, -0.2) is 53.8 Å². The molecule has 0 saturated heterocycles. The van der Waals surface area contributed by atoms with Crippen LogP contribution in [-0.2, 0) is 25.8 Å². The highest BCUT2D eigenvalue weighted by atomic mass is 16.1. The number of hydrogen-bond acceptors (Lipinski definition) is 4. The van der Waals surface area contributed by atoms with Crippen LogP contribution in [0.3, 0.4) is 0 Å². The second-order valence-corrected chi connectivity index (χ2v) is 7.20. The van der Waals surface area contributed by atoms with Crippen LogP contribution in [0.5, 0.6) is 0 Å². The lowest BCUT2D eigenvalue weighted by Crippen LogP contribution is -2.39. The molecule has 8 heteroatoms. The van der Waals surface area contributed by atoms with Crippen molar-refractivity contribution < 1.29 is 4.79 Å². The molecule has 0 unspecified atom stereocenters. The van der Waals surface area contributed by atoms with Gasteiger partial charge in [-0.2, -0.15) is 0 Å². The summed E-state index contributed by atoms with van der Waals surface area (Å²) in [6, 6.07) is 7.69. The number of rotatable bonds is 7. The topological polar surface area (TPSA) is 96.2 Å². The Balaban J connectivity index is 1.43. The Morgan fingerprint density at radius 3 is 2.76 bits per heavy atom. The van der Waals surface area contributed by atoms with Gasteiger partial charge in [-0.05, 0) is 37.0 Å². The molecule has 0 radical (unpaired) electrons. The van der Waals surface area contributed by atoms with E-state index in [0.717, 1.165) is 62.1 Å². The fraction of sp³-hybridized carbons (Fsp3) is 0.524. The fourth-order valence-corrected chi connectivity index (χ4v) is 3.58. The van der Waals surface area contributed by atoms with E-state index in [9.17, 15) is 4.79 Å². The maximum atomic E-state index is 11.8. The van der Waals surface area contributed by atoms with E-state index < -0.39 is 0 Å². The summed E-state index contributed by atoms with van der Waals surface area (Å²) in [7, 11) is 3.41. The smallest absolute Gasteiger partial charge is 0.251 e. The SMILES string of the molecule is CN=C(NCCc1cccc(C(=O)NC)c1)NCCc1nnc2n1CCCCC2. The summed E-state index contributed by atoms with van der Waals surface area (Å²) in [5, 5.41) is 18.1. The predicted molar refractivity (Wildman–Crippen MR) is 114 cm³/mol. The van der Waals surface area contributed by atoms with Crippen molar-refractivity contribution in [1.82, 2.24) is 30.7 Å². The quantitative estimate of drug-likeness (QED) is 0.484. The molecule has 1 aliphatic heterocycles. The Labute approximate surface area is 172 Å². The van der Waals surface area contributed by atoms with Gasteiger partial charge in [0.2, 0.25) is 0 Å². The Kier molecular flexibility index (Phi) is 7.61. The van der Waals surface area contributed by atoms with E-state index in [0.29, 0.717) is 5.56 Å². The number of aliphatic imine (C=N–C) groups is 1. The largest absolute Gasteiger partial charge is 0.356 e. The fourth-order valence-electron chi connectivity index (χ4n) is 3.58. The molecule has 156 valence electrons. The molecule has 0 spiro atoms. The first-order valence-electron chi connectivity index (χ1n) is 10.4.